The molecule has 0 aliphatic heterocycles. The van der Waals surface area contributed by atoms with Crippen LogP contribution in [-0.2, 0) is 12.7 Å². The number of rotatable bonds is 2. The van der Waals surface area contributed by atoms with Gasteiger partial charge in [0.2, 0.25) is 0 Å². The van der Waals surface area contributed by atoms with E-state index in [1.165, 1.54) is 24.3 Å². The number of hydrogen-bond donors (Lipinski definition) is 1. The van der Waals surface area contributed by atoms with E-state index in [-0.39, 0.29) is 17.9 Å². The number of nitrogens with zero attached hydrogens (tertiary/aromatic N) is 3. The predicted octanol–water partition coefficient (Wildman–Crippen LogP) is 2.40. The fraction of sp³-hybridized carbons (Fsp3) is 0.200. The smallest absolute Gasteiger partial charge is 0.325 e. The third kappa shape index (κ3) is 2.32. The maximum absolute atomic E-state index is 12.9. The van der Waals surface area contributed by atoms with Crippen molar-refractivity contribution in [3.8, 4) is 5.69 Å². The topological polar surface area (TPSA) is 56.7 Å². The van der Waals surface area contributed by atoms with Gasteiger partial charge in [-0.1, -0.05) is 16.8 Å². The number of hydrogen-bond acceptors (Lipinski definition) is 3. The molecule has 0 fully saturated rings. The molecule has 0 saturated heterocycles. The van der Waals surface area contributed by atoms with E-state index < -0.39 is 11.9 Å². The van der Waals surface area contributed by atoms with Crippen molar-refractivity contribution in [1.82, 2.24) is 15.0 Å². The van der Waals surface area contributed by atoms with E-state index in [0.29, 0.717) is 9.70 Å². The Morgan fingerprint density at radius 1 is 1.22 bits per heavy atom. The van der Waals surface area contributed by atoms with Crippen molar-refractivity contribution in [2.24, 2.45) is 5.73 Å². The van der Waals surface area contributed by atoms with Crippen molar-refractivity contribution in [2.45, 2.75) is 12.7 Å². The van der Waals surface area contributed by atoms with Crippen LogP contribution in [0.25, 0.3) is 5.69 Å². The second-order valence-corrected chi connectivity index (χ2v) is 3.91. The molecular weight excluding hydrogens is 269 g/mol. The van der Waals surface area contributed by atoms with Gasteiger partial charge in [0.05, 0.1) is 5.69 Å². The molecule has 8 heteroatoms. The van der Waals surface area contributed by atoms with E-state index in [1.54, 1.807) is 0 Å². The first-order valence-electron chi connectivity index (χ1n) is 4.91. The molecule has 1 heterocycles. The van der Waals surface area contributed by atoms with Crippen LogP contribution in [0.2, 0.25) is 5.02 Å². The van der Waals surface area contributed by atoms with E-state index in [1.807, 2.05) is 0 Å². The summed E-state index contributed by atoms with van der Waals surface area (Å²) in [6, 6.07) is 5.79. The molecule has 4 nitrogen and oxygen atoms in total. The van der Waals surface area contributed by atoms with Crippen LogP contribution in [0.5, 0.6) is 0 Å². The minimum Gasteiger partial charge on any atom is -0.325 e. The van der Waals surface area contributed by atoms with Gasteiger partial charge in [-0.2, -0.15) is 13.2 Å². The molecule has 2 rings (SSSR count). The lowest BCUT2D eigenvalue weighted by Gasteiger charge is -2.10. The van der Waals surface area contributed by atoms with Crippen LogP contribution in [0, 0.1) is 0 Å². The number of aromatic nitrogens is 3. The summed E-state index contributed by atoms with van der Waals surface area (Å²) in [5.74, 6) is 0. The van der Waals surface area contributed by atoms with Gasteiger partial charge in [-0.15, -0.1) is 5.10 Å². The molecule has 0 spiro atoms. The molecule has 0 aliphatic carbocycles. The van der Waals surface area contributed by atoms with Gasteiger partial charge in [0.15, 0.2) is 5.69 Å². The van der Waals surface area contributed by atoms with Crippen molar-refractivity contribution in [1.29, 1.82) is 0 Å². The first kappa shape index (κ1) is 12.8. The highest BCUT2D eigenvalue weighted by Gasteiger charge is 2.39. The summed E-state index contributed by atoms with van der Waals surface area (Å²) in [5, 5.41) is 7.33. The van der Waals surface area contributed by atoms with Crippen LogP contribution in [0.4, 0.5) is 13.2 Å². The van der Waals surface area contributed by atoms with Crippen molar-refractivity contribution in [2.75, 3.05) is 0 Å². The Morgan fingerprint density at radius 3 is 2.33 bits per heavy atom. The number of halogens is 4. The average Bonchev–Trinajstić information content (AvgIpc) is 2.73. The second-order valence-electron chi connectivity index (χ2n) is 3.47. The molecular formula is C10H8ClF3N4. The van der Waals surface area contributed by atoms with E-state index >= 15 is 0 Å². The molecule has 1 aromatic heterocycles. The van der Waals surface area contributed by atoms with Crippen molar-refractivity contribution in [3.63, 3.8) is 0 Å². The second kappa shape index (κ2) is 4.58. The first-order chi connectivity index (χ1) is 8.43. The van der Waals surface area contributed by atoms with Gasteiger partial charge in [-0.25, -0.2) is 4.68 Å². The molecule has 2 N–H and O–H groups in total. The average molecular weight is 277 g/mol. The predicted molar refractivity (Wildman–Crippen MR) is 59.3 cm³/mol. The molecule has 18 heavy (non-hydrogen) atoms. The van der Waals surface area contributed by atoms with Crippen molar-refractivity contribution >= 4 is 11.6 Å². The Morgan fingerprint density at radius 2 is 1.83 bits per heavy atom. The quantitative estimate of drug-likeness (QED) is 0.916. The Bertz CT molecular complexity index is 547. The molecule has 1 aromatic carbocycles. The Kier molecular flexibility index (Phi) is 3.27. The largest absolute Gasteiger partial charge is 0.435 e. The van der Waals surface area contributed by atoms with Crippen LogP contribution >= 0.6 is 11.6 Å². The van der Waals surface area contributed by atoms with Gasteiger partial charge in [0.25, 0.3) is 0 Å². The summed E-state index contributed by atoms with van der Waals surface area (Å²) in [7, 11) is 0. The molecule has 0 atom stereocenters. The van der Waals surface area contributed by atoms with Crippen LogP contribution in [0.1, 0.15) is 11.4 Å². The maximum atomic E-state index is 12.9. The third-order valence-corrected chi connectivity index (χ3v) is 2.53. The van der Waals surface area contributed by atoms with Gasteiger partial charge >= 0.3 is 6.18 Å². The first-order valence-corrected chi connectivity index (χ1v) is 5.29. The highest BCUT2D eigenvalue weighted by Crippen LogP contribution is 2.32. The summed E-state index contributed by atoms with van der Waals surface area (Å²) in [5.41, 5.74) is 4.19. The van der Waals surface area contributed by atoms with Gasteiger partial charge in [0, 0.05) is 11.6 Å². The Balaban J connectivity index is 2.58. The molecule has 96 valence electrons. The highest BCUT2D eigenvalue weighted by molar-refractivity contribution is 6.30. The van der Waals surface area contributed by atoms with Crippen molar-refractivity contribution < 1.29 is 13.2 Å². The van der Waals surface area contributed by atoms with Crippen LogP contribution in [0.15, 0.2) is 24.3 Å². The van der Waals surface area contributed by atoms with E-state index in [4.69, 9.17) is 17.3 Å². The van der Waals surface area contributed by atoms with Crippen LogP contribution in [-0.4, -0.2) is 15.0 Å². The van der Waals surface area contributed by atoms with Crippen LogP contribution in [0.3, 0.4) is 0 Å². The minimum absolute atomic E-state index is 0.221. The Labute approximate surface area is 105 Å². The lowest BCUT2D eigenvalue weighted by molar-refractivity contribution is -0.143. The van der Waals surface area contributed by atoms with E-state index in [9.17, 15) is 13.2 Å². The molecule has 0 amide bonds. The van der Waals surface area contributed by atoms with Crippen molar-refractivity contribution in [3.05, 3.63) is 40.7 Å². The molecule has 0 radical (unpaired) electrons. The van der Waals surface area contributed by atoms with Gasteiger partial charge in [-0.05, 0) is 24.3 Å². The number of nitrogens with two attached hydrogens (primary N) is 1. The minimum atomic E-state index is -4.57. The SMILES string of the molecule is NCc1nnn(-c2ccc(Cl)cc2)c1C(F)(F)F. The summed E-state index contributed by atoms with van der Waals surface area (Å²) in [6.07, 6.45) is -4.57. The maximum Gasteiger partial charge on any atom is 0.435 e. The fourth-order valence-corrected chi connectivity index (χ4v) is 1.62. The fourth-order valence-electron chi connectivity index (χ4n) is 1.50. The highest BCUT2D eigenvalue weighted by atomic mass is 35.5. The molecule has 0 unspecified atom stereocenters. The van der Waals surface area contributed by atoms with Gasteiger partial charge < -0.3 is 5.73 Å². The summed E-state index contributed by atoms with van der Waals surface area (Å²) < 4.78 is 39.4. The molecule has 0 saturated carbocycles. The third-order valence-electron chi connectivity index (χ3n) is 2.27. The van der Waals surface area contributed by atoms with E-state index in [2.05, 4.69) is 10.3 Å². The summed E-state index contributed by atoms with van der Waals surface area (Å²) in [4.78, 5) is 0. The Hall–Kier alpha value is -1.60. The van der Waals surface area contributed by atoms with Gasteiger partial charge in [-0.3, -0.25) is 0 Å². The lowest BCUT2D eigenvalue weighted by atomic mass is 10.2. The molecule has 0 bridgehead atoms. The monoisotopic (exact) mass is 276 g/mol. The normalized spacial score (nSPS) is 11.8. The zero-order valence-electron chi connectivity index (χ0n) is 8.95. The molecule has 0 aliphatic rings. The molecule has 2 aromatic rings. The summed E-state index contributed by atoms with van der Waals surface area (Å²) in [6.45, 7) is -0.331. The number of alkyl halides is 3. The zero-order chi connectivity index (χ0) is 13.3. The lowest BCUT2D eigenvalue weighted by Crippen LogP contribution is -2.16. The standard InChI is InChI=1S/C10H8ClF3N4/c11-6-1-3-7(4-2-6)18-9(10(12,13)14)8(5-15)16-17-18/h1-4H,5,15H2. The van der Waals surface area contributed by atoms with Gasteiger partial charge in [0.1, 0.15) is 5.69 Å². The zero-order valence-corrected chi connectivity index (χ0v) is 9.70. The number of benzene rings is 1. The van der Waals surface area contributed by atoms with Crippen LogP contribution < -0.4 is 5.73 Å². The summed E-state index contributed by atoms with van der Waals surface area (Å²) >= 11 is 5.67. The van der Waals surface area contributed by atoms with E-state index in [0.717, 1.165) is 0 Å².